The maximum absolute atomic E-state index is 14.4. The molecule has 0 N–H and O–H groups in total. The number of rotatable bonds is 6. The van der Waals surface area contributed by atoms with Crippen LogP contribution in [-0.4, -0.2) is 63.0 Å². The summed E-state index contributed by atoms with van der Waals surface area (Å²) in [6.45, 7) is 7.92. The van der Waals surface area contributed by atoms with E-state index < -0.39 is 21.8 Å². The summed E-state index contributed by atoms with van der Waals surface area (Å²) in [4.78, 5) is 29.5. The van der Waals surface area contributed by atoms with E-state index >= 15 is 0 Å². The second-order valence-corrected chi connectivity index (χ2v) is 17.2. The van der Waals surface area contributed by atoms with Crippen LogP contribution in [0, 0.1) is 40.4 Å². The summed E-state index contributed by atoms with van der Waals surface area (Å²) in [6, 6.07) is 20.4. The molecule has 0 amide bonds. The fourth-order valence-electron chi connectivity index (χ4n) is 11.4. The zero-order valence-electron chi connectivity index (χ0n) is 27.7. The lowest BCUT2D eigenvalue weighted by Gasteiger charge is -2.62. The summed E-state index contributed by atoms with van der Waals surface area (Å²) in [5, 5.41) is 0. The number of ether oxygens (including phenoxy) is 1. The lowest BCUT2D eigenvalue weighted by atomic mass is 9.43. The molecular formula is C38H49NO6S. The molecule has 2 aromatic carbocycles. The van der Waals surface area contributed by atoms with Crippen molar-refractivity contribution in [3.05, 3.63) is 71.8 Å². The first kappa shape index (κ1) is 32.2. The molecule has 4 saturated carbocycles. The zero-order valence-corrected chi connectivity index (χ0v) is 28.5. The molecular weight excluding hydrogens is 598 g/mol. The first-order chi connectivity index (χ1) is 21.9. The molecule has 0 bridgehead atoms. The molecule has 46 heavy (non-hydrogen) atoms. The molecule has 5 aliphatic rings. The number of morpholine rings is 1. The summed E-state index contributed by atoms with van der Waals surface area (Å²) in [6.07, 6.45) is 6.26. The fourth-order valence-corrected chi connectivity index (χ4v) is 12.1. The normalized spacial score (nSPS) is 39.2. The van der Waals surface area contributed by atoms with E-state index in [2.05, 4.69) is 43.0 Å². The Hall–Kier alpha value is -2.39. The SMILES string of the molecule is CC(=O)[C@H]1CC[C@H]2[C@@H]3CC[C@H]4C[C@H](OS(C)(=O)=O)[C@@H](N5CCOC(c6ccccc6)(c6ccccc6)C5)C[C@]4(C)[C@H]3C(=O)C[C@]12C. The van der Waals surface area contributed by atoms with E-state index in [1.165, 1.54) is 0 Å². The molecule has 0 spiro atoms. The third kappa shape index (κ3) is 5.22. The second-order valence-electron chi connectivity index (χ2n) is 15.6. The second kappa shape index (κ2) is 11.6. The van der Waals surface area contributed by atoms with Crippen molar-refractivity contribution >= 4 is 21.7 Å². The van der Waals surface area contributed by atoms with Crippen molar-refractivity contribution in [1.29, 1.82) is 0 Å². The van der Waals surface area contributed by atoms with Crippen LogP contribution in [0.15, 0.2) is 60.7 Å². The molecule has 2 aromatic rings. The summed E-state index contributed by atoms with van der Waals surface area (Å²) >= 11 is 0. The van der Waals surface area contributed by atoms with E-state index in [1.807, 2.05) is 36.4 Å². The van der Waals surface area contributed by atoms with E-state index in [0.29, 0.717) is 50.7 Å². The third-order valence-electron chi connectivity index (χ3n) is 13.2. The van der Waals surface area contributed by atoms with Crippen molar-refractivity contribution in [2.45, 2.75) is 83.5 Å². The van der Waals surface area contributed by atoms with E-state index in [4.69, 9.17) is 8.92 Å². The first-order valence-electron chi connectivity index (χ1n) is 17.3. The van der Waals surface area contributed by atoms with E-state index in [-0.39, 0.29) is 46.3 Å². The van der Waals surface area contributed by atoms with Gasteiger partial charge in [-0.05, 0) is 85.2 Å². The minimum Gasteiger partial charge on any atom is -0.363 e. The number of hydrogen-bond donors (Lipinski definition) is 0. The molecule has 5 fully saturated rings. The highest BCUT2D eigenvalue weighted by atomic mass is 32.2. The van der Waals surface area contributed by atoms with Gasteiger partial charge in [0, 0.05) is 37.4 Å². The molecule has 8 heteroatoms. The topological polar surface area (TPSA) is 90.0 Å². The molecule has 0 aromatic heterocycles. The van der Waals surface area contributed by atoms with E-state index in [1.54, 1.807) is 6.92 Å². The zero-order chi connectivity index (χ0) is 32.5. The molecule has 4 aliphatic carbocycles. The van der Waals surface area contributed by atoms with Crippen LogP contribution in [0.25, 0.3) is 0 Å². The molecule has 7 rings (SSSR count). The van der Waals surface area contributed by atoms with Crippen LogP contribution in [0.3, 0.4) is 0 Å². The summed E-state index contributed by atoms with van der Waals surface area (Å²) in [7, 11) is -3.71. The van der Waals surface area contributed by atoms with Crippen molar-refractivity contribution in [2.24, 2.45) is 40.4 Å². The van der Waals surface area contributed by atoms with Crippen LogP contribution < -0.4 is 0 Å². The number of carbonyl (C=O) groups is 2. The Kier molecular flexibility index (Phi) is 8.14. The van der Waals surface area contributed by atoms with Gasteiger partial charge in [0.2, 0.25) is 0 Å². The molecule has 248 valence electrons. The van der Waals surface area contributed by atoms with Gasteiger partial charge in [-0.1, -0.05) is 74.5 Å². The Balaban J connectivity index is 1.26. The minimum atomic E-state index is -3.71. The smallest absolute Gasteiger partial charge is 0.264 e. The quantitative estimate of drug-likeness (QED) is 0.355. The highest BCUT2D eigenvalue weighted by Gasteiger charge is 2.65. The van der Waals surface area contributed by atoms with Crippen LogP contribution in [0.4, 0.5) is 0 Å². The predicted molar refractivity (Wildman–Crippen MR) is 176 cm³/mol. The lowest BCUT2D eigenvalue weighted by Crippen LogP contribution is -2.64. The Morgan fingerprint density at radius 1 is 0.935 bits per heavy atom. The van der Waals surface area contributed by atoms with Gasteiger partial charge in [0.05, 0.1) is 19.0 Å². The number of carbonyl (C=O) groups excluding carboxylic acids is 2. The number of hydrogen-bond acceptors (Lipinski definition) is 7. The Bertz CT molecular complexity index is 1540. The van der Waals surface area contributed by atoms with Crippen molar-refractivity contribution in [3.63, 3.8) is 0 Å². The Labute approximate surface area is 274 Å². The maximum atomic E-state index is 14.4. The van der Waals surface area contributed by atoms with Crippen LogP contribution in [0.5, 0.6) is 0 Å². The Morgan fingerprint density at radius 3 is 2.20 bits per heavy atom. The minimum absolute atomic E-state index is 0.0305. The number of ketones is 2. The number of Topliss-reactive ketones (excluding diaryl/α,β-unsaturated/α-hetero) is 2. The summed E-state index contributed by atoms with van der Waals surface area (Å²) < 4.78 is 38.1. The highest BCUT2D eigenvalue weighted by Crippen LogP contribution is 2.67. The summed E-state index contributed by atoms with van der Waals surface area (Å²) in [5.41, 5.74) is 0.868. The number of fused-ring (bicyclic) bond motifs is 5. The van der Waals surface area contributed by atoms with Gasteiger partial charge >= 0.3 is 0 Å². The number of nitrogens with zero attached hydrogens (tertiary/aromatic N) is 1. The monoisotopic (exact) mass is 647 g/mol. The van der Waals surface area contributed by atoms with Crippen molar-refractivity contribution in [3.8, 4) is 0 Å². The van der Waals surface area contributed by atoms with Gasteiger partial charge in [-0.25, -0.2) is 0 Å². The van der Waals surface area contributed by atoms with Crippen LogP contribution in [0.2, 0.25) is 0 Å². The van der Waals surface area contributed by atoms with Crippen LogP contribution >= 0.6 is 0 Å². The molecule has 9 atom stereocenters. The average molecular weight is 648 g/mol. The standard InChI is InChI=1S/C38H49NO6S/c1-25(40)30-17-18-31-29-16-15-28-21-34(45-46(4,42)43)32(22-36(28,2)35(29)33(41)23-37(30,31)3)39-19-20-44-38(24-39,26-11-7-5-8-12-26)27-13-9-6-10-14-27/h5-14,28-32,34-35H,15-24H2,1-4H3/t28-,29-,30+,31-,32-,34-,35+,36-,37+/m0/s1. The molecule has 1 aliphatic heterocycles. The van der Waals surface area contributed by atoms with E-state index in [9.17, 15) is 18.0 Å². The number of benzene rings is 2. The maximum Gasteiger partial charge on any atom is 0.264 e. The van der Waals surface area contributed by atoms with Gasteiger partial charge in [0.25, 0.3) is 10.1 Å². The lowest BCUT2D eigenvalue weighted by molar-refractivity contribution is -0.175. The average Bonchev–Trinajstić information content (AvgIpc) is 3.37. The molecule has 0 unspecified atom stereocenters. The van der Waals surface area contributed by atoms with Crippen molar-refractivity contribution in [1.82, 2.24) is 4.90 Å². The largest absolute Gasteiger partial charge is 0.363 e. The predicted octanol–water partition coefficient (Wildman–Crippen LogP) is 6.01. The molecule has 0 radical (unpaired) electrons. The molecule has 7 nitrogen and oxygen atoms in total. The van der Waals surface area contributed by atoms with Crippen LogP contribution in [-0.2, 0) is 34.2 Å². The molecule has 1 heterocycles. The summed E-state index contributed by atoms with van der Waals surface area (Å²) in [5.74, 6) is 1.27. The van der Waals surface area contributed by atoms with Crippen LogP contribution in [0.1, 0.15) is 76.8 Å². The first-order valence-corrected chi connectivity index (χ1v) is 19.1. The van der Waals surface area contributed by atoms with Gasteiger partial charge in [-0.3, -0.25) is 18.7 Å². The van der Waals surface area contributed by atoms with Gasteiger partial charge in [-0.2, -0.15) is 8.42 Å². The van der Waals surface area contributed by atoms with Gasteiger partial charge in [0.15, 0.2) is 0 Å². The van der Waals surface area contributed by atoms with Gasteiger partial charge in [-0.15, -0.1) is 0 Å². The highest BCUT2D eigenvalue weighted by molar-refractivity contribution is 7.86. The van der Waals surface area contributed by atoms with E-state index in [0.717, 1.165) is 43.1 Å². The van der Waals surface area contributed by atoms with Gasteiger partial charge < -0.3 is 4.74 Å². The molecule has 1 saturated heterocycles. The van der Waals surface area contributed by atoms with Crippen molar-refractivity contribution in [2.75, 3.05) is 26.0 Å². The van der Waals surface area contributed by atoms with Gasteiger partial charge in [0.1, 0.15) is 17.2 Å². The fraction of sp³-hybridized carbons (Fsp3) is 0.632. The Morgan fingerprint density at radius 2 is 1.59 bits per heavy atom. The van der Waals surface area contributed by atoms with Crippen molar-refractivity contribution < 1.29 is 26.9 Å². The third-order valence-corrected chi connectivity index (χ3v) is 13.8.